The van der Waals surface area contributed by atoms with Gasteiger partial charge in [0, 0.05) is 31.7 Å². The summed E-state index contributed by atoms with van der Waals surface area (Å²) in [6.45, 7) is 5.05. The third-order valence-electron chi connectivity index (χ3n) is 3.89. The maximum atomic E-state index is 11.8. The number of nitrogens with zero attached hydrogens (tertiary/aromatic N) is 2. The molecule has 0 bridgehead atoms. The number of likely N-dealkylation sites (tertiary alicyclic amines) is 1. The Bertz CT molecular complexity index is 502. The highest BCUT2D eigenvalue weighted by Crippen LogP contribution is 2.09. The van der Waals surface area contributed by atoms with Crippen molar-refractivity contribution in [2.75, 3.05) is 26.2 Å². The predicted octanol–water partition coefficient (Wildman–Crippen LogP) is 1.90. The average molecular weight is 306 g/mol. The van der Waals surface area contributed by atoms with Crippen molar-refractivity contribution < 1.29 is 9.21 Å². The highest BCUT2D eigenvalue weighted by molar-refractivity contribution is 5.92. The smallest absolute Gasteiger partial charge is 0.287 e. The fraction of sp³-hybridized carbons (Fsp3) is 0.625. The molecule has 1 saturated heterocycles. The lowest BCUT2D eigenvalue weighted by Crippen LogP contribution is -2.38. The SMILES string of the molecule is Cc1ccoc1C(=O)NCCCN=C(N)N1CCCCCC1. The lowest BCUT2D eigenvalue weighted by atomic mass is 10.2. The highest BCUT2D eigenvalue weighted by atomic mass is 16.3. The van der Waals surface area contributed by atoms with Gasteiger partial charge in [0.15, 0.2) is 11.7 Å². The molecular formula is C16H26N4O2. The number of carbonyl (C=O) groups excluding carboxylic acids is 1. The zero-order valence-corrected chi connectivity index (χ0v) is 13.3. The predicted molar refractivity (Wildman–Crippen MR) is 86.9 cm³/mol. The first-order valence-corrected chi connectivity index (χ1v) is 8.05. The molecule has 0 unspecified atom stereocenters. The monoisotopic (exact) mass is 306 g/mol. The van der Waals surface area contributed by atoms with Crippen LogP contribution in [0.3, 0.4) is 0 Å². The van der Waals surface area contributed by atoms with Gasteiger partial charge in [0.1, 0.15) is 0 Å². The van der Waals surface area contributed by atoms with Gasteiger partial charge in [-0.15, -0.1) is 0 Å². The van der Waals surface area contributed by atoms with Gasteiger partial charge < -0.3 is 20.4 Å². The summed E-state index contributed by atoms with van der Waals surface area (Å²) in [5, 5.41) is 2.83. The van der Waals surface area contributed by atoms with Crippen molar-refractivity contribution in [2.24, 2.45) is 10.7 Å². The zero-order chi connectivity index (χ0) is 15.8. The average Bonchev–Trinajstić information content (AvgIpc) is 2.77. The van der Waals surface area contributed by atoms with Crippen LogP contribution in [0.1, 0.15) is 48.2 Å². The van der Waals surface area contributed by atoms with Crippen LogP contribution in [0.25, 0.3) is 0 Å². The fourth-order valence-corrected chi connectivity index (χ4v) is 2.56. The van der Waals surface area contributed by atoms with Crippen molar-refractivity contribution >= 4 is 11.9 Å². The van der Waals surface area contributed by atoms with Gasteiger partial charge in [-0.1, -0.05) is 12.8 Å². The molecule has 1 aromatic heterocycles. The van der Waals surface area contributed by atoms with Crippen molar-refractivity contribution in [1.82, 2.24) is 10.2 Å². The van der Waals surface area contributed by atoms with Gasteiger partial charge in [0.05, 0.1) is 6.26 Å². The van der Waals surface area contributed by atoms with Gasteiger partial charge in [0.2, 0.25) is 0 Å². The molecule has 1 fully saturated rings. The molecule has 2 heterocycles. The summed E-state index contributed by atoms with van der Waals surface area (Å²) in [4.78, 5) is 18.4. The number of aliphatic imine (C=N–C) groups is 1. The first-order valence-electron chi connectivity index (χ1n) is 8.05. The summed E-state index contributed by atoms with van der Waals surface area (Å²) in [7, 11) is 0. The summed E-state index contributed by atoms with van der Waals surface area (Å²) >= 11 is 0. The molecular weight excluding hydrogens is 280 g/mol. The van der Waals surface area contributed by atoms with Crippen LogP contribution in [0.15, 0.2) is 21.7 Å². The fourth-order valence-electron chi connectivity index (χ4n) is 2.56. The number of amides is 1. The number of hydrogen-bond acceptors (Lipinski definition) is 3. The summed E-state index contributed by atoms with van der Waals surface area (Å²) in [6.07, 6.45) is 7.23. The van der Waals surface area contributed by atoms with E-state index in [1.807, 2.05) is 6.92 Å². The molecule has 1 aliphatic rings. The van der Waals surface area contributed by atoms with Crippen molar-refractivity contribution in [3.63, 3.8) is 0 Å². The number of nitrogens with two attached hydrogens (primary N) is 1. The van der Waals surface area contributed by atoms with E-state index in [1.54, 1.807) is 6.07 Å². The Balaban J connectivity index is 1.66. The Kier molecular flexibility index (Phi) is 6.30. The number of rotatable bonds is 5. The molecule has 122 valence electrons. The lowest BCUT2D eigenvalue weighted by molar-refractivity contribution is 0.0925. The van der Waals surface area contributed by atoms with E-state index < -0.39 is 0 Å². The molecule has 0 radical (unpaired) electrons. The third kappa shape index (κ3) is 4.79. The van der Waals surface area contributed by atoms with Gasteiger partial charge in [-0.05, 0) is 32.3 Å². The van der Waals surface area contributed by atoms with Crippen LogP contribution in [0.4, 0.5) is 0 Å². The van der Waals surface area contributed by atoms with Crippen LogP contribution < -0.4 is 11.1 Å². The minimum atomic E-state index is -0.174. The number of guanidine groups is 1. The van der Waals surface area contributed by atoms with Crippen LogP contribution in [0.5, 0.6) is 0 Å². The van der Waals surface area contributed by atoms with E-state index in [0.717, 1.165) is 25.1 Å². The minimum absolute atomic E-state index is 0.174. The molecule has 3 N–H and O–H groups in total. The normalized spacial score (nSPS) is 16.4. The Morgan fingerprint density at radius 1 is 1.36 bits per heavy atom. The first-order chi connectivity index (χ1) is 10.7. The topological polar surface area (TPSA) is 83.9 Å². The van der Waals surface area contributed by atoms with Crippen molar-refractivity contribution in [3.8, 4) is 0 Å². The molecule has 1 aromatic rings. The minimum Gasteiger partial charge on any atom is -0.459 e. The standard InChI is InChI=1S/C16H26N4O2/c1-13-7-12-22-14(13)15(21)18-8-6-9-19-16(17)20-10-4-2-3-5-11-20/h7,12H,2-6,8-11H2,1H3,(H2,17,19)(H,18,21). The largest absolute Gasteiger partial charge is 0.459 e. The quantitative estimate of drug-likeness (QED) is 0.494. The number of nitrogens with one attached hydrogen (secondary N) is 1. The van der Waals surface area contributed by atoms with Gasteiger partial charge in [-0.3, -0.25) is 9.79 Å². The number of furan rings is 1. The molecule has 2 rings (SSSR count). The Morgan fingerprint density at radius 2 is 2.09 bits per heavy atom. The second kappa shape index (κ2) is 8.46. The number of aryl methyl sites for hydroxylation is 1. The molecule has 0 aromatic carbocycles. The second-order valence-corrected chi connectivity index (χ2v) is 5.68. The van der Waals surface area contributed by atoms with E-state index in [-0.39, 0.29) is 5.91 Å². The summed E-state index contributed by atoms with van der Waals surface area (Å²) in [6, 6.07) is 1.78. The maximum absolute atomic E-state index is 11.8. The molecule has 22 heavy (non-hydrogen) atoms. The van der Waals surface area contributed by atoms with E-state index in [4.69, 9.17) is 10.2 Å². The molecule has 0 saturated carbocycles. The van der Waals surface area contributed by atoms with E-state index in [9.17, 15) is 4.79 Å². The van der Waals surface area contributed by atoms with Crippen LogP contribution in [-0.4, -0.2) is 42.9 Å². The Hall–Kier alpha value is -1.98. The molecule has 0 atom stereocenters. The summed E-state index contributed by atoms with van der Waals surface area (Å²) < 4.78 is 5.15. The van der Waals surface area contributed by atoms with E-state index in [2.05, 4.69) is 15.2 Å². The lowest BCUT2D eigenvalue weighted by Gasteiger charge is -2.21. The van der Waals surface area contributed by atoms with Crippen molar-refractivity contribution in [1.29, 1.82) is 0 Å². The van der Waals surface area contributed by atoms with Crippen molar-refractivity contribution in [2.45, 2.75) is 39.0 Å². The number of hydrogen-bond donors (Lipinski definition) is 2. The van der Waals surface area contributed by atoms with Gasteiger partial charge >= 0.3 is 0 Å². The van der Waals surface area contributed by atoms with Crippen molar-refractivity contribution in [3.05, 3.63) is 23.7 Å². The van der Waals surface area contributed by atoms with Crippen LogP contribution in [-0.2, 0) is 0 Å². The maximum Gasteiger partial charge on any atom is 0.287 e. The highest BCUT2D eigenvalue weighted by Gasteiger charge is 2.12. The van der Waals surface area contributed by atoms with Gasteiger partial charge in [-0.25, -0.2) is 0 Å². The first kappa shape index (κ1) is 16.4. The van der Waals surface area contributed by atoms with Crippen LogP contribution >= 0.6 is 0 Å². The molecule has 0 aliphatic carbocycles. The van der Waals surface area contributed by atoms with Gasteiger partial charge in [-0.2, -0.15) is 0 Å². The Morgan fingerprint density at radius 3 is 2.73 bits per heavy atom. The van der Waals surface area contributed by atoms with E-state index in [0.29, 0.717) is 24.8 Å². The Labute approximate surface area is 131 Å². The summed E-state index contributed by atoms with van der Waals surface area (Å²) in [5.41, 5.74) is 6.88. The molecule has 6 nitrogen and oxygen atoms in total. The van der Waals surface area contributed by atoms with E-state index >= 15 is 0 Å². The molecule has 6 heteroatoms. The number of carbonyl (C=O) groups is 1. The van der Waals surface area contributed by atoms with Gasteiger partial charge in [0.25, 0.3) is 5.91 Å². The molecule has 1 aliphatic heterocycles. The van der Waals surface area contributed by atoms with Crippen LogP contribution in [0.2, 0.25) is 0 Å². The molecule has 1 amide bonds. The van der Waals surface area contributed by atoms with Crippen LogP contribution in [0, 0.1) is 6.92 Å². The zero-order valence-electron chi connectivity index (χ0n) is 13.3. The third-order valence-corrected chi connectivity index (χ3v) is 3.89. The summed E-state index contributed by atoms with van der Waals surface area (Å²) in [5.74, 6) is 0.842. The second-order valence-electron chi connectivity index (χ2n) is 5.68. The van der Waals surface area contributed by atoms with E-state index in [1.165, 1.54) is 31.9 Å². The molecule has 0 spiro atoms.